The fourth-order valence-electron chi connectivity index (χ4n) is 3.39. The van der Waals surface area contributed by atoms with Gasteiger partial charge < -0.3 is 9.47 Å². The molecule has 0 N–H and O–H groups in total. The zero-order valence-electron chi connectivity index (χ0n) is 18.7. The molecule has 3 aromatic carbocycles. The quantitative estimate of drug-likeness (QED) is 0.194. The van der Waals surface area contributed by atoms with Crippen molar-refractivity contribution in [2.24, 2.45) is 0 Å². The van der Waals surface area contributed by atoms with E-state index in [-0.39, 0.29) is 5.91 Å². The predicted octanol–water partition coefficient (Wildman–Crippen LogP) is 6.42. The van der Waals surface area contributed by atoms with Gasteiger partial charge in [-0.25, -0.2) is 4.98 Å². The van der Waals surface area contributed by atoms with Gasteiger partial charge in [0.2, 0.25) is 5.91 Å². The Morgan fingerprint density at radius 1 is 0.970 bits per heavy atom. The third kappa shape index (κ3) is 6.06. The molecular weight excluding hydrogens is 452 g/mol. The first-order valence-electron chi connectivity index (χ1n) is 10.7. The van der Waals surface area contributed by atoms with E-state index in [1.165, 1.54) is 16.2 Å². The maximum Gasteiger partial charge on any atom is 0.229 e. The maximum absolute atomic E-state index is 13.3. The third-order valence-electron chi connectivity index (χ3n) is 5.16. The lowest BCUT2D eigenvalue weighted by molar-refractivity contribution is -0.118. The SMILES string of the molecule is COc1ccc(SCCCC(=O)N(Cc2ccccc2)c2nc3cc(OC)ccc3s2)cc1. The predicted molar refractivity (Wildman–Crippen MR) is 137 cm³/mol. The molecule has 4 rings (SSSR count). The highest BCUT2D eigenvalue weighted by Crippen LogP contribution is 2.32. The summed E-state index contributed by atoms with van der Waals surface area (Å²) in [6.07, 6.45) is 1.26. The van der Waals surface area contributed by atoms with Gasteiger partial charge in [0.05, 0.1) is 31.0 Å². The number of nitrogens with zero attached hydrogens (tertiary/aromatic N) is 2. The molecule has 0 unspecified atom stereocenters. The molecule has 4 aromatic rings. The van der Waals surface area contributed by atoms with Crippen LogP contribution in [-0.2, 0) is 11.3 Å². The Labute approximate surface area is 202 Å². The number of thioether (sulfide) groups is 1. The molecule has 1 heterocycles. The Kier molecular flexibility index (Phi) is 7.86. The lowest BCUT2D eigenvalue weighted by Crippen LogP contribution is -2.30. The zero-order valence-corrected chi connectivity index (χ0v) is 20.3. The van der Waals surface area contributed by atoms with Crippen LogP contribution in [-0.4, -0.2) is 30.9 Å². The Bertz CT molecular complexity index is 1190. The van der Waals surface area contributed by atoms with Crippen LogP contribution in [0, 0.1) is 0 Å². The summed E-state index contributed by atoms with van der Waals surface area (Å²) in [6, 6.07) is 23.9. The molecule has 0 radical (unpaired) electrons. The van der Waals surface area contributed by atoms with Crippen LogP contribution < -0.4 is 14.4 Å². The van der Waals surface area contributed by atoms with E-state index in [0.717, 1.165) is 44.6 Å². The molecule has 1 aromatic heterocycles. The van der Waals surface area contributed by atoms with Gasteiger partial charge in [-0.1, -0.05) is 41.7 Å². The standard InChI is InChI=1S/C26H26N2O3S2/c1-30-20-10-13-22(14-11-20)32-16-6-9-25(29)28(18-19-7-4-3-5-8-19)26-27-23-17-21(31-2)12-15-24(23)33-26/h3-5,7-8,10-15,17H,6,9,16,18H2,1-2H3. The smallest absolute Gasteiger partial charge is 0.229 e. The molecule has 33 heavy (non-hydrogen) atoms. The van der Waals surface area contributed by atoms with Crippen molar-refractivity contribution >= 4 is 44.4 Å². The van der Waals surface area contributed by atoms with Crippen molar-refractivity contribution in [3.63, 3.8) is 0 Å². The van der Waals surface area contributed by atoms with Crippen LogP contribution in [0.1, 0.15) is 18.4 Å². The number of carbonyl (C=O) groups excluding carboxylic acids is 1. The van der Waals surface area contributed by atoms with Crippen molar-refractivity contribution in [2.75, 3.05) is 24.9 Å². The Balaban J connectivity index is 1.45. The lowest BCUT2D eigenvalue weighted by Gasteiger charge is -2.20. The van der Waals surface area contributed by atoms with Crippen molar-refractivity contribution in [3.05, 3.63) is 78.4 Å². The minimum atomic E-state index is 0.0835. The fraction of sp³-hybridized carbons (Fsp3) is 0.231. The van der Waals surface area contributed by atoms with Crippen LogP contribution in [0.5, 0.6) is 11.5 Å². The van der Waals surface area contributed by atoms with Crippen molar-refractivity contribution in [1.29, 1.82) is 0 Å². The third-order valence-corrected chi connectivity index (χ3v) is 7.32. The number of fused-ring (bicyclic) bond motifs is 1. The Morgan fingerprint density at radius 2 is 1.70 bits per heavy atom. The second kappa shape index (κ2) is 11.2. The van der Waals surface area contributed by atoms with Crippen LogP contribution >= 0.6 is 23.1 Å². The summed E-state index contributed by atoms with van der Waals surface area (Å²) >= 11 is 3.28. The highest BCUT2D eigenvalue weighted by atomic mass is 32.2. The van der Waals surface area contributed by atoms with E-state index in [1.807, 2.05) is 77.7 Å². The topological polar surface area (TPSA) is 51.7 Å². The number of hydrogen-bond donors (Lipinski definition) is 0. The van der Waals surface area contributed by atoms with E-state index < -0.39 is 0 Å². The molecule has 1 amide bonds. The molecule has 0 saturated heterocycles. The summed E-state index contributed by atoms with van der Waals surface area (Å²) in [4.78, 5) is 21.0. The summed E-state index contributed by atoms with van der Waals surface area (Å²) in [7, 11) is 3.31. The second-order valence-electron chi connectivity index (χ2n) is 7.42. The molecule has 0 saturated carbocycles. The largest absolute Gasteiger partial charge is 0.497 e. The zero-order chi connectivity index (χ0) is 23.0. The fourth-order valence-corrected chi connectivity index (χ4v) is 5.20. The Morgan fingerprint density at radius 3 is 2.42 bits per heavy atom. The molecular formula is C26H26N2O3S2. The molecule has 0 bridgehead atoms. The van der Waals surface area contributed by atoms with E-state index in [0.29, 0.717) is 13.0 Å². The molecule has 5 nitrogen and oxygen atoms in total. The van der Waals surface area contributed by atoms with Gasteiger partial charge in [-0.2, -0.15) is 0 Å². The van der Waals surface area contributed by atoms with E-state index in [2.05, 4.69) is 0 Å². The van der Waals surface area contributed by atoms with E-state index in [1.54, 1.807) is 26.0 Å². The molecule has 7 heteroatoms. The number of hydrogen-bond acceptors (Lipinski definition) is 6. The molecule has 0 atom stereocenters. The number of rotatable bonds is 10. The molecule has 0 spiro atoms. The van der Waals surface area contributed by atoms with Gasteiger partial charge in [0, 0.05) is 17.4 Å². The minimum Gasteiger partial charge on any atom is -0.497 e. The summed E-state index contributed by atoms with van der Waals surface area (Å²) in [5, 5.41) is 0.718. The van der Waals surface area contributed by atoms with Gasteiger partial charge >= 0.3 is 0 Å². The van der Waals surface area contributed by atoms with Crippen LogP contribution in [0.15, 0.2) is 77.7 Å². The van der Waals surface area contributed by atoms with Crippen molar-refractivity contribution < 1.29 is 14.3 Å². The van der Waals surface area contributed by atoms with Crippen molar-refractivity contribution in [2.45, 2.75) is 24.3 Å². The van der Waals surface area contributed by atoms with Crippen molar-refractivity contribution in [3.8, 4) is 11.5 Å². The number of benzene rings is 3. The van der Waals surface area contributed by atoms with Gasteiger partial charge in [-0.05, 0) is 54.1 Å². The molecule has 0 aliphatic rings. The van der Waals surface area contributed by atoms with Gasteiger partial charge in [-0.3, -0.25) is 9.69 Å². The highest BCUT2D eigenvalue weighted by molar-refractivity contribution is 7.99. The number of anilines is 1. The number of carbonyl (C=O) groups is 1. The lowest BCUT2D eigenvalue weighted by atomic mass is 10.2. The normalized spacial score (nSPS) is 10.8. The number of aromatic nitrogens is 1. The van der Waals surface area contributed by atoms with Gasteiger partial charge in [0.15, 0.2) is 5.13 Å². The molecule has 170 valence electrons. The van der Waals surface area contributed by atoms with E-state index in [4.69, 9.17) is 14.5 Å². The first kappa shape index (κ1) is 23.1. The minimum absolute atomic E-state index is 0.0835. The van der Waals surface area contributed by atoms with E-state index >= 15 is 0 Å². The summed E-state index contributed by atoms with van der Waals surface area (Å²) in [6.45, 7) is 0.502. The Hall–Kier alpha value is -3.03. The van der Waals surface area contributed by atoms with Gasteiger partial charge in [-0.15, -0.1) is 11.8 Å². The number of amides is 1. The first-order valence-corrected chi connectivity index (χ1v) is 12.5. The number of ether oxygens (including phenoxy) is 2. The van der Waals surface area contributed by atoms with Crippen LogP contribution in [0.3, 0.4) is 0 Å². The van der Waals surface area contributed by atoms with Gasteiger partial charge in [0.25, 0.3) is 0 Å². The monoisotopic (exact) mass is 478 g/mol. The second-order valence-corrected chi connectivity index (χ2v) is 9.60. The summed E-state index contributed by atoms with van der Waals surface area (Å²) in [5.74, 6) is 2.56. The molecule has 0 aliphatic carbocycles. The van der Waals surface area contributed by atoms with Crippen LogP contribution in [0.4, 0.5) is 5.13 Å². The average Bonchev–Trinajstić information content (AvgIpc) is 3.29. The number of methoxy groups -OCH3 is 2. The average molecular weight is 479 g/mol. The first-order chi connectivity index (χ1) is 16.2. The van der Waals surface area contributed by atoms with E-state index in [9.17, 15) is 4.79 Å². The highest BCUT2D eigenvalue weighted by Gasteiger charge is 2.20. The van der Waals surface area contributed by atoms with Crippen LogP contribution in [0.25, 0.3) is 10.2 Å². The summed E-state index contributed by atoms with van der Waals surface area (Å²) in [5.41, 5.74) is 1.92. The van der Waals surface area contributed by atoms with Crippen molar-refractivity contribution in [1.82, 2.24) is 4.98 Å². The van der Waals surface area contributed by atoms with Gasteiger partial charge in [0.1, 0.15) is 11.5 Å². The number of thiazole rings is 1. The van der Waals surface area contributed by atoms with Crippen LogP contribution in [0.2, 0.25) is 0 Å². The summed E-state index contributed by atoms with van der Waals surface area (Å²) < 4.78 is 11.6. The maximum atomic E-state index is 13.3. The molecule has 0 fully saturated rings. The molecule has 0 aliphatic heterocycles.